The largest absolute Gasteiger partial charge is 0.293 e. The molecule has 0 aliphatic heterocycles. The van der Waals surface area contributed by atoms with Crippen LogP contribution in [-0.4, -0.2) is 26.3 Å². The number of Topliss-reactive ketones (excluding diaryl/α,β-unsaturated/α-hetero) is 1. The van der Waals surface area contributed by atoms with Crippen LogP contribution in [0.2, 0.25) is 5.02 Å². The molecule has 0 fully saturated rings. The molecule has 30 heavy (non-hydrogen) atoms. The molecule has 1 aromatic heterocycles. The molecular formula is C24H20ClN3OS. The molecule has 0 saturated carbocycles. The first-order chi connectivity index (χ1) is 14.5. The van der Waals surface area contributed by atoms with E-state index in [2.05, 4.69) is 10.2 Å². The fraction of sp³-hybridized carbons (Fsp3) is 0.125. The smallest absolute Gasteiger partial charge is 0.196 e. The van der Waals surface area contributed by atoms with Gasteiger partial charge in [0.05, 0.1) is 5.75 Å². The number of nitrogens with zero attached hydrogens (tertiary/aromatic N) is 3. The van der Waals surface area contributed by atoms with E-state index in [-0.39, 0.29) is 11.5 Å². The second-order valence-corrected chi connectivity index (χ2v) is 8.39. The summed E-state index contributed by atoms with van der Waals surface area (Å²) in [5.41, 5.74) is 4.65. The summed E-state index contributed by atoms with van der Waals surface area (Å²) in [5, 5.41) is 10.1. The number of thioether (sulfide) groups is 1. The standard InChI is InChI=1S/C24H20ClN3OS/c1-16-8-9-17(2)21(14-16)22(29)15-30-24-27-26-23(18-6-4-3-5-7-18)28(24)20-12-10-19(25)11-13-20/h3-14H,15H2,1-2H3. The van der Waals surface area contributed by atoms with Crippen LogP contribution in [0.4, 0.5) is 0 Å². The van der Waals surface area contributed by atoms with E-state index in [1.165, 1.54) is 11.8 Å². The zero-order chi connectivity index (χ0) is 21.1. The maximum atomic E-state index is 12.9. The molecule has 0 aliphatic rings. The molecule has 150 valence electrons. The minimum atomic E-state index is 0.0770. The molecule has 0 N–H and O–H groups in total. The van der Waals surface area contributed by atoms with Gasteiger partial charge in [0.1, 0.15) is 0 Å². The number of hydrogen-bond acceptors (Lipinski definition) is 4. The maximum absolute atomic E-state index is 12.9. The van der Waals surface area contributed by atoms with Gasteiger partial charge in [-0.15, -0.1) is 10.2 Å². The van der Waals surface area contributed by atoms with E-state index in [9.17, 15) is 4.79 Å². The molecule has 0 bridgehead atoms. The third-order valence-corrected chi connectivity index (χ3v) is 5.96. The normalized spacial score (nSPS) is 10.9. The molecule has 3 aromatic carbocycles. The van der Waals surface area contributed by atoms with Gasteiger partial charge in [-0.1, -0.05) is 71.4 Å². The molecule has 0 spiro atoms. The first kappa shape index (κ1) is 20.4. The average Bonchev–Trinajstić information content (AvgIpc) is 3.19. The van der Waals surface area contributed by atoms with E-state index in [0.717, 1.165) is 33.8 Å². The highest BCUT2D eigenvalue weighted by Gasteiger charge is 2.18. The SMILES string of the molecule is Cc1ccc(C)c(C(=O)CSc2nnc(-c3ccccc3)n2-c2ccc(Cl)cc2)c1. The van der Waals surface area contributed by atoms with Gasteiger partial charge in [0.15, 0.2) is 16.8 Å². The van der Waals surface area contributed by atoms with E-state index < -0.39 is 0 Å². The van der Waals surface area contributed by atoms with Crippen LogP contribution in [0.1, 0.15) is 21.5 Å². The van der Waals surface area contributed by atoms with Gasteiger partial charge in [-0.25, -0.2) is 0 Å². The van der Waals surface area contributed by atoms with Gasteiger partial charge in [-0.05, 0) is 49.7 Å². The van der Waals surface area contributed by atoms with Crippen LogP contribution >= 0.6 is 23.4 Å². The van der Waals surface area contributed by atoms with Crippen molar-refractivity contribution >= 4 is 29.1 Å². The van der Waals surface area contributed by atoms with E-state index in [4.69, 9.17) is 11.6 Å². The number of carbonyl (C=O) groups excluding carboxylic acids is 1. The van der Waals surface area contributed by atoms with Gasteiger partial charge >= 0.3 is 0 Å². The van der Waals surface area contributed by atoms with E-state index in [1.54, 1.807) is 0 Å². The van der Waals surface area contributed by atoms with Crippen LogP contribution in [0.25, 0.3) is 17.1 Å². The zero-order valence-electron chi connectivity index (χ0n) is 16.7. The van der Waals surface area contributed by atoms with Crippen LogP contribution in [-0.2, 0) is 0 Å². The number of hydrogen-bond donors (Lipinski definition) is 0. The fourth-order valence-electron chi connectivity index (χ4n) is 3.20. The number of aryl methyl sites for hydroxylation is 2. The minimum Gasteiger partial charge on any atom is -0.293 e. The monoisotopic (exact) mass is 433 g/mol. The van der Waals surface area contributed by atoms with Crippen molar-refractivity contribution in [2.24, 2.45) is 0 Å². The Balaban J connectivity index is 1.68. The Hall–Kier alpha value is -2.89. The van der Waals surface area contributed by atoms with Gasteiger partial charge in [-0.2, -0.15) is 0 Å². The summed E-state index contributed by atoms with van der Waals surface area (Å²) >= 11 is 7.46. The maximum Gasteiger partial charge on any atom is 0.196 e. The van der Waals surface area contributed by atoms with Gasteiger partial charge in [-0.3, -0.25) is 9.36 Å². The Kier molecular flexibility index (Phi) is 6.02. The van der Waals surface area contributed by atoms with Gasteiger partial charge in [0, 0.05) is 21.8 Å². The highest BCUT2D eigenvalue weighted by molar-refractivity contribution is 7.99. The number of aromatic nitrogens is 3. The Morgan fingerprint density at radius 1 is 0.967 bits per heavy atom. The molecule has 0 saturated heterocycles. The lowest BCUT2D eigenvalue weighted by Gasteiger charge is -2.11. The van der Waals surface area contributed by atoms with E-state index >= 15 is 0 Å². The third kappa shape index (κ3) is 4.32. The topological polar surface area (TPSA) is 47.8 Å². The highest BCUT2D eigenvalue weighted by Crippen LogP contribution is 2.29. The Morgan fingerprint density at radius 2 is 1.70 bits per heavy atom. The summed E-state index contributed by atoms with van der Waals surface area (Å²) in [6.45, 7) is 3.95. The number of rotatable bonds is 6. The van der Waals surface area contributed by atoms with E-state index in [0.29, 0.717) is 10.2 Å². The van der Waals surface area contributed by atoms with Crippen LogP contribution in [0.15, 0.2) is 78.0 Å². The van der Waals surface area contributed by atoms with Gasteiger partial charge < -0.3 is 0 Å². The van der Waals surface area contributed by atoms with E-state index in [1.807, 2.05) is 91.2 Å². The summed E-state index contributed by atoms with van der Waals surface area (Å²) in [4.78, 5) is 12.9. The zero-order valence-corrected chi connectivity index (χ0v) is 18.2. The summed E-state index contributed by atoms with van der Waals surface area (Å²) in [6.07, 6.45) is 0. The number of benzene rings is 3. The van der Waals surface area contributed by atoms with Crippen molar-refractivity contribution in [3.63, 3.8) is 0 Å². The molecule has 0 unspecified atom stereocenters. The van der Waals surface area contributed by atoms with Crippen molar-refractivity contribution in [2.45, 2.75) is 19.0 Å². The van der Waals surface area contributed by atoms with Crippen LogP contribution < -0.4 is 0 Å². The average molecular weight is 434 g/mol. The van der Waals surface area contributed by atoms with Crippen molar-refractivity contribution in [1.82, 2.24) is 14.8 Å². The summed E-state index contributed by atoms with van der Waals surface area (Å²) in [5.74, 6) is 1.08. The molecule has 4 nitrogen and oxygen atoms in total. The third-order valence-electron chi connectivity index (χ3n) is 4.78. The van der Waals surface area contributed by atoms with Crippen molar-refractivity contribution in [3.8, 4) is 17.1 Å². The first-order valence-electron chi connectivity index (χ1n) is 9.53. The molecule has 0 atom stereocenters. The molecule has 0 radical (unpaired) electrons. The number of halogens is 1. The van der Waals surface area contributed by atoms with Crippen LogP contribution in [0.5, 0.6) is 0 Å². The second kappa shape index (κ2) is 8.86. The molecule has 6 heteroatoms. The Bertz CT molecular complexity index is 1190. The Morgan fingerprint density at radius 3 is 2.43 bits per heavy atom. The molecule has 4 aromatic rings. The molecular weight excluding hydrogens is 414 g/mol. The van der Waals surface area contributed by atoms with Crippen molar-refractivity contribution in [3.05, 3.63) is 94.5 Å². The highest BCUT2D eigenvalue weighted by atomic mass is 35.5. The quantitative estimate of drug-likeness (QED) is 0.269. The van der Waals surface area contributed by atoms with Crippen molar-refractivity contribution in [2.75, 3.05) is 5.75 Å². The van der Waals surface area contributed by atoms with Crippen LogP contribution in [0, 0.1) is 13.8 Å². The predicted molar refractivity (Wildman–Crippen MR) is 123 cm³/mol. The van der Waals surface area contributed by atoms with Gasteiger partial charge in [0.25, 0.3) is 0 Å². The minimum absolute atomic E-state index is 0.0770. The van der Waals surface area contributed by atoms with Crippen molar-refractivity contribution in [1.29, 1.82) is 0 Å². The Labute approximate surface area is 184 Å². The molecule has 4 rings (SSSR count). The fourth-order valence-corrected chi connectivity index (χ4v) is 4.17. The molecule has 0 aliphatic carbocycles. The lowest BCUT2D eigenvalue weighted by Crippen LogP contribution is -2.07. The van der Waals surface area contributed by atoms with Crippen LogP contribution in [0.3, 0.4) is 0 Å². The second-order valence-electron chi connectivity index (χ2n) is 7.01. The number of carbonyl (C=O) groups is 1. The predicted octanol–water partition coefficient (Wildman–Crippen LogP) is 6.18. The molecule has 0 amide bonds. The summed E-state index contributed by atoms with van der Waals surface area (Å²) < 4.78 is 1.96. The lowest BCUT2D eigenvalue weighted by atomic mass is 10.0. The van der Waals surface area contributed by atoms with Gasteiger partial charge in [0.2, 0.25) is 0 Å². The molecule has 1 heterocycles. The summed E-state index contributed by atoms with van der Waals surface area (Å²) in [6, 6.07) is 23.3. The lowest BCUT2D eigenvalue weighted by molar-refractivity contribution is 0.102. The summed E-state index contributed by atoms with van der Waals surface area (Å²) in [7, 11) is 0. The first-order valence-corrected chi connectivity index (χ1v) is 10.9. The van der Waals surface area contributed by atoms with Crippen molar-refractivity contribution < 1.29 is 4.79 Å². The number of ketones is 1.